The van der Waals surface area contributed by atoms with Gasteiger partial charge in [0.2, 0.25) is 0 Å². The fourth-order valence-corrected chi connectivity index (χ4v) is 15.9. The molecular formula is C66H59BN2S. The van der Waals surface area contributed by atoms with E-state index in [1.54, 1.807) is 0 Å². The van der Waals surface area contributed by atoms with Gasteiger partial charge in [-0.25, -0.2) is 0 Å². The van der Waals surface area contributed by atoms with Crippen LogP contribution in [0.1, 0.15) is 128 Å². The third-order valence-corrected chi connectivity index (χ3v) is 19.7. The average Bonchev–Trinajstić information content (AvgIpc) is 4.01. The fraction of sp³-hybridized carbons (Fsp3) is 0.273. The summed E-state index contributed by atoms with van der Waals surface area (Å²) in [6, 6.07) is 53.2. The highest BCUT2D eigenvalue weighted by Crippen LogP contribution is 2.61. The van der Waals surface area contributed by atoms with Crippen molar-refractivity contribution < 1.29 is 0 Å². The van der Waals surface area contributed by atoms with E-state index in [4.69, 9.17) is 0 Å². The summed E-state index contributed by atoms with van der Waals surface area (Å²) in [4.78, 5) is 2.78. The number of anilines is 2. The SMILES string of the molecule is CC(C)(C)c1ccc(N2B3c4cc5c(cc4-n4c6cc7c(cc6c6c8c(c(c3c64)-c3cc4sc6ccccc6c4cc32)-c2ccccc2C8(C)C)C(C)(C)CCC7(C)C)-c2ccccc2C5(C)C)cc1. The minimum absolute atomic E-state index is 0.0292. The number of nitrogens with zero attached hydrogens (tertiary/aromatic N) is 2. The second-order valence-corrected chi connectivity index (χ2v) is 26.2. The Bertz CT molecular complexity index is 4050. The van der Waals surface area contributed by atoms with Crippen LogP contribution in [0.15, 0.2) is 133 Å². The Morgan fingerprint density at radius 3 is 1.90 bits per heavy atom. The van der Waals surface area contributed by atoms with Gasteiger partial charge in [-0.3, -0.25) is 0 Å². The van der Waals surface area contributed by atoms with E-state index in [-0.39, 0.29) is 33.9 Å². The largest absolute Gasteiger partial charge is 0.376 e. The Balaban J connectivity index is 1.20. The topological polar surface area (TPSA) is 8.17 Å². The highest BCUT2D eigenvalue weighted by Gasteiger charge is 2.51. The van der Waals surface area contributed by atoms with E-state index in [2.05, 4.69) is 219 Å². The summed E-state index contributed by atoms with van der Waals surface area (Å²) in [5, 5.41) is 5.52. The van der Waals surface area contributed by atoms with Crippen LogP contribution in [0.4, 0.5) is 11.4 Å². The van der Waals surface area contributed by atoms with Crippen LogP contribution in [-0.2, 0) is 27.1 Å². The zero-order valence-corrected chi connectivity index (χ0v) is 43.3. The molecule has 0 bridgehead atoms. The summed E-state index contributed by atoms with van der Waals surface area (Å²) in [5.74, 6) is 0. The van der Waals surface area contributed by atoms with Crippen molar-refractivity contribution in [1.82, 2.24) is 4.57 Å². The number of benzene rings is 8. The van der Waals surface area contributed by atoms with E-state index in [9.17, 15) is 0 Å². The zero-order chi connectivity index (χ0) is 47.9. The van der Waals surface area contributed by atoms with E-state index < -0.39 is 0 Å². The van der Waals surface area contributed by atoms with Crippen LogP contribution in [0.2, 0.25) is 0 Å². The van der Waals surface area contributed by atoms with Crippen molar-refractivity contribution in [2.45, 2.75) is 116 Å². The lowest BCUT2D eigenvalue weighted by atomic mass is 9.43. The number of fused-ring (bicyclic) bond motifs is 20. The monoisotopic (exact) mass is 922 g/mol. The van der Waals surface area contributed by atoms with Gasteiger partial charge in [-0.05, 0) is 155 Å². The molecule has 15 rings (SSSR count). The molecule has 0 amide bonds. The first-order valence-corrected chi connectivity index (χ1v) is 26.7. The third kappa shape index (κ3) is 4.97. The summed E-state index contributed by atoms with van der Waals surface area (Å²) in [5.41, 5.74) is 27.6. The van der Waals surface area contributed by atoms with Crippen molar-refractivity contribution in [1.29, 1.82) is 0 Å². The molecule has 4 heteroatoms. The van der Waals surface area contributed by atoms with Crippen LogP contribution >= 0.6 is 11.3 Å². The molecule has 5 aliphatic rings. The lowest BCUT2D eigenvalue weighted by molar-refractivity contribution is 0.332. The Labute approximate surface area is 417 Å². The van der Waals surface area contributed by atoms with Crippen LogP contribution < -0.4 is 15.7 Å². The van der Waals surface area contributed by atoms with E-state index in [0.29, 0.717) is 0 Å². The van der Waals surface area contributed by atoms with Gasteiger partial charge in [-0.15, -0.1) is 11.3 Å². The smallest absolute Gasteiger partial charge is 0.333 e. The minimum atomic E-state index is -0.247. The van der Waals surface area contributed by atoms with Gasteiger partial charge in [0.1, 0.15) is 0 Å². The molecule has 3 aliphatic carbocycles. The zero-order valence-electron chi connectivity index (χ0n) is 42.5. The van der Waals surface area contributed by atoms with Crippen LogP contribution in [0, 0.1) is 0 Å². The molecule has 0 radical (unpaired) electrons. The maximum Gasteiger partial charge on any atom is 0.333 e. The van der Waals surface area contributed by atoms with Crippen LogP contribution in [0.25, 0.3) is 81.0 Å². The predicted molar refractivity (Wildman–Crippen MR) is 302 cm³/mol. The molecule has 0 N–H and O–H groups in total. The standard InChI is InChI=1S/C66H59BN2S/c1-62(2,3)36-24-26-37(27-25-36)69-52-32-42-39-19-14-17-23-54(39)70-55(42)33-44(52)57-56-40-20-13-16-22-46(40)66(10,11)59(56)58-43-30-48-49(64(6,7)29-28-63(48,4)5)35-51(43)68-53-31-41-38-18-12-15-21-45(38)65(8,9)47(41)34-50(53)67(69)60(57)61(58)68/h12-27,30-35H,28-29H2,1-11H3. The van der Waals surface area contributed by atoms with Gasteiger partial charge in [0.05, 0.1) is 11.0 Å². The Morgan fingerprint density at radius 1 is 0.514 bits per heavy atom. The molecule has 4 heterocycles. The van der Waals surface area contributed by atoms with Crippen molar-refractivity contribution in [3.05, 3.63) is 172 Å². The lowest BCUT2D eigenvalue weighted by Crippen LogP contribution is -2.61. The highest BCUT2D eigenvalue weighted by molar-refractivity contribution is 7.25. The molecule has 2 nitrogen and oxygen atoms in total. The first-order chi connectivity index (χ1) is 33.4. The summed E-state index contributed by atoms with van der Waals surface area (Å²) in [7, 11) is 0. The van der Waals surface area contributed by atoms with Crippen molar-refractivity contribution in [2.24, 2.45) is 0 Å². The molecule has 342 valence electrons. The van der Waals surface area contributed by atoms with Gasteiger partial charge in [0.25, 0.3) is 0 Å². The Hall–Kier alpha value is -6.36. The number of hydrogen-bond donors (Lipinski definition) is 0. The molecule has 0 saturated carbocycles. The van der Waals surface area contributed by atoms with Gasteiger partial charge < -0.3 is 9.38 Å². The minimum Gasteiger partial charge on any atom is -0.376 e. The number of rotatable bonds is 1. The molecule has 2 aliphatic heterocycles. The Kier molecular flexibility index (Phi) is 7.66. The number of thiophene rings is 1. The highest BCUT2D eigenvalue weighted by atomic mass is 32.1. The second kappa shape index (κ2) is 12.9. The van der Waals surface area contributed by atoms with E-state index >= 15 is 0 Å². The lowest BCUT2D eigenvalue weighted by Gasteiger charge is -2.43. The molecule has 0 unspecified atom stereocenters. The van der Waals surface area contributed by atoms with Crippen LogP contribution in [-0.4, -0.2) is 11.4 Å². The molecular weight excluding hydrogens is 864 g/mol. The van der Waals surface area contributed by atoms with Crippen LogP contribution in [0.3, 0.4) is 0 Å². The van der Waals surface area contributed by atoms with Crippen molar-refractivity contribution in [3.8, 4) is 39.1 Å². The normalized spacial score (nSPS) is 17.9. The van der Waals surface area contributed by atoms with Gasteiger partial charge in [0, 0.05) is 64.4 Å². The third-order valence-electron chi connectivity index (χ3n) is 18.5. The second-order valence-electron chi connectivity index (χ2n) is 25.1. The first kappa shape index (κ1) is 41.4. The predicted octanol–water partition coefficient (Wildman–Crippen LogP) is 16.6. The summed E-state index contributed by atoms with van der Waals surface area (Å²) in [6.45, 7) is 26.8. The number of hydrogen-bond acceptors (Lipinski definition) is 2. The van der Waals surface area contributed by atoms with Gasteiger partial charge in [-0.2, -0.15) is 0 Å². The van der Waals surface area contributed by atoms with E-state index in [1.165, 1.54) is 155 Å². The quantitative estimate of drug-likeness (QED) is 0.149. The molecule has 0 spiro atoms. The van der Waals surface area contributed by atoms with Crippen molar-refractivity contribution in [2.75, 3.05) is 4.81 Å². The van der Waals surface area contributed by atoms with E-state index in [0.717, 1.165) is 0 Å². The van der Waals surface area contributed by atoms with Gasteiger partial charge in [0.15, 0.2) is 0 Å². The Morgan fingerprint density at radius 2 is 1.17 bits per heavy atom. The maximum atomic E-state index is 2.80. The van der Waals surface area contributed by atoms with Gasteiger partial charge in [-0.1, -0.05) is 161 Å². The molecule has 0 fully saturated rings. The maximum absolute atomic E-state index is 2.80. The van der Waals surface area contributed by atoms with Crippen molar-refractivity contribution in [3.63, 3.8) is 0 Å². The summed E-state index contributed by atoms with van der Waals surface area (Å²) < 4.78 is 5.48. The van der Waals surface area contributed by atoms with Gasteiger partial charge >= 0.3 is 6.85 Å². The van der Waals surface area contributed by atoms with Crippen LogP contribution in [0.5, 0.6) is 0 Å². The molecule has 0 saturated heterocycles. The molecule has 0 atom stereocenters. The average molecular weight is 923 g/mol. The van der Waals surface area contributed by atoms with Crippen molar-refractivity contribution >= 4 is 82.5 Å². The fourth-order valence-electron chi connectivity index (χ4n) is 14.7. The number of aromatic nitrogens is 1. The van der Waals surface area contributed by atoms with E-state index in [1.807, 2.05) is 11.3 Å². The molecule has 70 heavy (non-hydrogen) atoms. The molecule has 8 aromatic carbocycles. The summed E-state index contributed by atoms with van der Waals surface area (Å²) >= 11 is 1.94. The molecule has 10 aromatic rings. The molecule has 2 aromatic heterocycles. The first-order valence-electron chi connectivity index (χ1n) is 25.8. The summed E-state index contributed by atoms with van der Waals surface area (Å²) in [6.07, 6.45) is 2.36.